The highest BCUT2D eigenvalue weighted by Crippen LogP contribution is 2.44. The summed E-state index contributed by atoms with van der Waals surface area (Å²) in [6.07, 6.45) is 1.99. The second-order valence-corrected chi connectivity index (χ2v) is 8.13. The molecule has 0 saturated carbocycles. The molecule has 0 aliphatic carbocycles. The van der Waals surface area contributed by atoms with Crippen LogP contribution in [-0.2, 0) is 11.8 Å². The Bertz CT molecular complexity index is 1340. The van der Waals surface area contributed by atoms with Gasteiger partial charge in [-0.3, -0.25) is 9.59 Å². The molecule has 2 atom stereocenters. The molecule has 0 bridgehead atoms. The molecule has 5 nitrogen and oxygen atoms in total. The zero-order valence-corrected chi connectivity index (χ0v) is 17.7. The molecule has 0 spiro atoms. The molecule has 0 unspecified atom stereocenters. The molecule has 1 N–H and O–H groups in total. The lowest BCUT2D eigenvalue weighted by Crippen LogP contribution is -2.44. The summed E-state index contributed by atoms with van der Waals surface area (Å²) in [5, 5.41) is 3.92. The van der Waals surface area contributed by atoms with E-state index in [1.54, 1.807) is 24.1 Å². The van der Waals surface area contributed by atoms with Crippen molar-refractivity contribution in [2.24, 2.45) is 7.05 Å². The van der Waals surface area contributed by atoms with Crippen LogP contribution in [0.15, 0.2) is 79.0 Å². The second-order valence-electron chi connectivity index (χ2n) is 8.13. The van der Waals surface area contributed by atoms with Crippen LogP contribution in [0, 0.1) is 5.82 Å². The van der Waals surface area contributed by atoms with Gasteiger partial charge in [0.1, 0.15) is 5.82 Å². The van der Waals surface area contributed by atoms with Gasteiger partial charge in [-0.25, -0.2) is 4.39 Å². The van der Waals surface area contributed by atoms with E-state index in [0.717, 1.165) is 16.5 Å². The number of likely N-dealkylation sites (N-methyl/N-ethyl adjacent to an activating group) is 1. The molecule has 5 rings (SSSR count). The van der Waals surface area contributed by atoms with Crippen LogP contribution in [0.5, 0.6) is 0 Å². The van der Waals surface area contributed by atoms with E-state index in [0.29, 0.717) is 16.8 Å². The Labute approximate surface area is 185 Å². The van der Waals surface area contributed by atoms with Gasteiger partial charge < -0.3 is 14.8 Å². The third kappa shape index (κ3) is 3.15. The summed E-state index contributed by atoms with van der Waals surface area (Å²) in [7, 11) is 3.70. The first-order chi connectivity index (χ1) is 15.5. The van der Waals surface area contributed by atoms with E-state index in [1.807, 2.05) is 54.2 Å². The summed E-state index contributed by atoms with van der Waals surface area (Å²) in [5.74, 6) is -1.37. The zero-order valence-electron chi connectivity index (χ0n) is 17.7. The molecule has 160 valence electrons. The van der Waals surface area contributed by atoms with E-state index in [1.165, 1.54) is 24.3 Å². The molecule has 0 radical (unpaired) electrons. The van der Waals surface area contributed by atoms with E-state index in [9.17, 15) is 14.0 Å². The maximum Gasteiger partial charge on any atom is 0.254 e. The van der Waals surface area contributed by atoms with E-state index >= 15 is 0 Å². The molecule has 2 heterocycles. The monoisotopic (exact) mass is 427 g/mol. The molecule has 4 aromatic rings. The van der Waals surface area contributed by atoms with Crippen molar-refractivity contribution in [2.45, 2.75) is 12.0 Å². The van der Waals surface area contributed by atoms with E-state index in [2.05, 4.69) is 5.32 Å². The highest BCUT2D eigenvalue weighted by molar-refractivity contribution is 6.05. The lowest BCUT2D eigenvalue weighted by molar-refractivity contribution is -0.119. The van der Waals surface area contributed by atoms with Crippen LogP contribution in [0.25, 0.3) is 10.9 Å². The fourth-order valence-corrected chi connectivity index (χ4v) is 4.71. The smallest absolute Gasteiger partial charge is 0.254 e. The van der Waals surface area contributed by atoms with Crippen molar-refractivity contribution in [1.29, 1.82) is 0 Å². The lowest BCUT2D eigenvalue weighted by atomic mass is 9.79. The predicted octanol–water partition coefficient (Wildman–Crippen LogP) is 4.87. The Morgan fingerprint density at radius 1 is 0.906 bits per heavy atom. The number of fused-ring (bicyclic) bond motifs is 2. The quantitative estimate of drug-likeness (QED) is 0.507. The number of nitrogens with one attached hydrogen (secondary N) is 1. The van der Waals surface area contributed by atoms with Crippen molar-refractivity contribution >= 4 is 28.4 Å². The van der Waals surface area contributed by atoms with Crippen LogP contribution >= 0.6 is 0 Å². The van der Waals surface area contributed by atoms with Gasteiger partial charge in [-0.2, -0.15) is 0 Å². The van der Waals surface area contributed by atoms with Crippen LogP contribution in [0.4, 0.5) is 10.1 Å². The summed E-state index contributed by atoms with van der Waals surface area (Å²) >= 11 is 0. The molecule has 2 amide bonds. The number of nitrogens with zero attached hydrogens (tertiary/aromatic N) is 2. The lowest BCUT2D eigenvalue weighted by Gasteiger charge is -2.39. The molecule has 1 aliphatic rings. The Balaban J connectivity index is 1.67. The first-order valence-corrected chi connectivity index (χ1v) is 10.4. The van der Waals surface area contributed by atoms with Crippen LogP contribution in [-0.4, -0.2) is 28.3 Å². The summed E-state index contributed by atoms with van der Waals surface area (Å²) in [6.45, 7) is 0. The molecule has 1 aliphatic heterocycles. The second kappa shape index (κ2) is 7.64. The van der Waals surface area contributed by atoms with Crippen molar-refractivity contribution in [2.75, 3.05) is 12.4 Å². The standard InChI is InChI=1S/C26H22FN3O2/c1-29-15-21(18-7-5-6-10-22(18)29)24-23(25(31)28-17-13-11-16(27)12-14-17)19-8-3-4-9-20(19)26(32)30(24)2/h3-15,23-24H,1-2H3,(H,28,31)/t23-,24+/m0/s1. The van der Waals surface area contributed by atoms with Gasteiger partial charge >= 0.3 is 0 Å². The van der Waals surface area contributed by atoms with Crippen LogP contribution < -0.4 is 5.32 Å². The minimum Gasteiger partial charge on any atom is -0.350 e. The van der Waals surface area contributed by atoms with Crippen molar-refractivity contribution in [3.8, 4) is 0 Å². The Morgan fingerprint density at radius 3 is 2.38 bits per heavy atom. The number of aryl methyl sites for hydroxylation is 1. The number of hydrogen-bond donors (Lipinski definition) is 1. The molecular weight excluding hydrogens is 405 g/mol. The topological polar surface area (TPSA) is 54.3 Å². The molecule has 32 heavy (non-hydrogen) atoms. The number of benzene rings is 3. The number of hydrogen-bond acceptors (Lipinski definition) is 2. The number of amides is 2. The molecule has 3 aromatic carbocycles. The maximum absolute atomic E-state index is 13.6. The summed E-state index contributed by atoms with van der Waals surface area (Å²) in [5.41, 5.74) is 3.65. The van der Waals surface area contributed by atoms with E-state index in [-0.39, 0.29) is 17.6 Å². The number of anilines is 1. The number of carbonyl (C=O) groups excluding carboxylic acids is 2. The molecule has 1 aromatic heterocycles. The third-order valence-corrected chi connectivity index (χ3v) is 6.22. The number of carbonyl (C=O) groups is 2. The van der Waals surface area contributed by atoms with Gasteiger partial charge in [0.25, 0.3) is 5.91 Å². The fourth-order valence-electron chi connectivity index (χ4n) is 4.71. The van der Waals surface area contributed by atoms with Gasteiger partial charge in [-0.1, -0.05) is 36.4 Å². The molecular formula is C26H22FN3O2. The summed E-state index contributed by atoms with van der Waals surface area (Å²) in [4.78, 5) is 28.5. The minimum atomic E-state index is -0.634. The minimum absolute atomic E-state index is 0.121. The van der Waals surface area contributed by atoms with Crippen LogP contribution in [0.2, 0.25) is 0 Å². The molecule has 6 heteroatoms. The SMILES string of the molecule is CN1C(=O)c2ccccc2[C@H](C(=O)Nc2ccc(F)cc2)[C@H]1c1cn(C)c2ccccc12. The van der Waals surface area contributed by atoms with Crippen LogP contribution in [0.1, 0.15) is 33.4 Å². The Hall–Kier alpha value is -3.93. The van der Waals surface area contributed by atoms with Gasteiger partial charge in [0, 0.05) is 48.0 Å². The van der Waals surface area contributed by atoms with Gasteiger partial charge in [0.15, 0.2) is 0 Å². The molecule has 0 fully saturated rings. The van der Waals surface area contributed by atoms with Crippen molar-refractivity contribution < 1.29 is 14.0 Å². The Kier molecular flexibility index (Phi) is 4.78. The number of rotatable bonds is 3. The zero-order chi connectivity index (χ0) is 22.4. The third-order valence-electron chi connectivity index (χ3n) is 6.22. The van der Waals surface area contributed by atoms with Crippen molar-refractivity contribution in [3.63, 3.8) is 0 Å². The van der Waals surface area contributed by atoms with E-state index < -0.39 is 12.0 Å². The number of para-hydroxylation sites is 1. The first-order valence-electron chi connectivity index (χ1n) is 10.4. The highest BCUT2D eigenvalue weighted by Gasteiger charge is 2.43. The highest BCUT2D eigenvalue weighted by atomic mass is 19.1. The number of halogens is 1. The average molecular weight is 427 g/mol. The van der Waals surface area contributed by atoms with Gasteiger partial charge in [-0.15, -0.1) is 0 Å². The average Bonchev–Trinajstić information content (AvgIpc) is 3.14. The fraction of sp³-hybridized carbons (Fsp3) is 0.154. The first kappa shape index (κ1) is 20.0. The van der Waals surface area contributed by atoms with E-state index in [4.69, 9.17) is 0 Å². The van der Waals surface area contributed by atoms with Gasteiger partial charge in [0.05, 0.1) is 12.0 Å². The maximum atomic E-state index is 13.6. The van der Waals surface area contributed by atoms with Gasteiger partial charge in [-0.05, 0) is 42.0 Å². The van der Waals surface area contributed by atoms with Gasteiger partial charge in [0.2, 0.25) is 5.91 Å². The molecule has 0 saturated heterocycles. The summed E-state index contributed by atoms with van der Waals surface area (Å²) in [6, 6.07) is 20.4. The van der Waals surface area contributed by atoms with Crippen molar-refractivity contribution in [3.05, 3.63) is 102 Å². The largest absolute Gasteiger partial charge is 0.350 e. The Morgan fingerprint density at radius 2 is 1.59 bits per heavy atom. The normalized spacial score (nSPS) is 18.0. The predicted molar refractivity (Wildman–Crippen MR) is 122 cm³/mol. The summed E-state index contributed by atoms with van der Waals surface area (Å²) < 4.78 is 15.4. The number of aromatic nitrogens is 1. The van der Waals surface area contributed by atoms with Crippen LogP contribution in [0.3, 0.4) is 0 Å². The van der Waals surface area contributed by atoms with Crippen molar-refractivity contribution in [1.82, 2.24) is 9.47 Å².